The predicted octanol–water partition coefficient (Wildman–Crippen LogP) is 3.94. The molecular weight excluding hydrogens is 279 g/mol. The average molecular weight is 296 g/mol. The lowest BCUT2D eigenvalue weighted by Crippen LogP contribution is -2.19. The van der Waals surface area contributed by atoms with Crippen LogP contribution in [0.25, 0.3) is 0 Å². The van der Waals surface area contributed by atoms with Gasteiger partial charge in [0.05, 0.1) is 11.3 Å². The van der Waals surface area contributed by atoms with Crippen molar-refractivity contribution in [2.45, 2.75) is 26.3 Å². The van der Waals surface area contributed by atoms with E-state index in [2.05, 4.69) is 11.4 Å². The molecule has 0 heterocycles. The number of carbonyl (C=O) groups is 1. The van der Waals surface area contributed by atoms with Crippen LogP contribution in [0.1, 0.15) is 35.3 Å². The first-order valence-corrected chi connectivity index (χ1v) is 7.06. The van der Waals surface area contributed by atoms with Crippen LogP contribution in [0.4, 0.5) is 10.1 Å². The maximum atomic E-state index is 13.7. The molecule has 0 amide bonds. The van der Waals surface area contributed by atoms with Gasteiger partial charge in [-0.25, -0.2) is 4.39 Å². The number of nitrogens with zero attached hydrogens (tertiary/aromatic N) is 1. The largest absolute Gasteiger partial charge is 0.381 e. The van der Waals surface area contributed by atoms with Gasteiger partial charge < -0.3 is 5.32 Å². The quantitative estimate of drug-likeness (QED) is 0.850. The summed E-state index contributed by atoms with van der Waals surface area (Å²) in [5.41, 5.74) is 2.22. The van der Waals surface area contributed by atoms with Crippen molar-refractivity contribution in [3.05, 3.63) is 65.0 Å². The monoisotopic (exact) mass is 296 g/mol. The van der Waals surface area contributed by atoms with Crippen LogP contribution in [0.2, 0.25) is 0 Å². The van der Waals surface area contributed by atoms with Crippen molar-refractivity contribution in [2.24, 2.45) is 0 Å². The summed E-state index contributed by atoms with van der Waals surface area (Å²) < 4.78 is 13.7. The van der Waals surface area contributed by atoms with Crippen molar-refractivity contribution in [3.63, 3.8) is 0 Å². The van der Waals surface area contributed by atoms with Crippen molar-refractivity contribution >= 4 is 11.5 Å². The molecule has 0 aliphatic heterocycles. The molecule has 0 fully saturated rings. The fourth-order valence-corrected chi connectivity index (χ4v) is 2.29. The highest BCUT2D eigenvalue weighted by atomic mass is 19.1. The van der Waals surface area contributed by atoms with Crippen LogP contribution in [0.3, 0.4) is 0 Å². The molecule has 0 aromatic heterocycles. The Hall–Kier alpha value is -2.67. The smallest absolute Gasteiger partial charge is 0.159 e. The van der Waals surface area contributed by atoms with E-state index in [-0.39, 0.29) is 17.6 Å². The first-order valence-electron chi connectivity index (χ1n) is 7.06. The zero-order chi connectivity index (χ0) is 16.1. The van der Waals surface area contributed by atoms with Gasteiger partial charge in [-0.2, -0.15) is 5.26 Å². The zero-order valence-corrected chi connectivity index (χ0v) is 12.6. The van der Waals surface area contributed by atoms with Crippen molar-refractivity contribution in [2.75, 3.05) is 5.32 Å². The Morgan fingerprint density at radius 1 is 1.32 bits per heavy atom. The maximum Gasteiger partial charge on any atom is 0.159 e. The lowest BCUT2D eigenvalue weighted by molar-refractivity contribution is 0.101. The van der Waals surface area contributed by atoms with Gasteiger partial charge in [0.2, 0.25) is 0 Å². The van der Waals surface area contributed by atoms with Crippen LogP contribution < -0.4 is 5.32 Å². The van der Waals surface area contributed by atoms with Gasteiger partial charge in [-0.3, -0.25) is 4.79 Å². The fraction of sp³-hybridized carbons (Fsp3) is 0.222. The van der Waals surface area contributed by atoms with Crippen LogP contribution >= 0.6 is 0 Å². The number of benzene rings is 2. The lowest BCUT2D eigenvalue weighted by Gasteiger charge is -2.17. The van der Waals surface area contributed by atoms with Gasteiger partial charge in [-0.15, -0.1) is 0 Å². The van der Waals surface area contributed by atoms with Gasteiger partial charge >= 0.3 is 0 Å². The number of rotatable bonds is 5. The Morgan fingerprint density at radius 2 is 2.05 bits per heavy atom. The SMILES string of the molecule is CC(=O)c1ccc(C#N)c(NC(C)Cc2ccccc2F)c1. The standard InChI is InChI=1S/C18H17FN2O/c1-12(9-15-5-3-4-6-17(15)19)21-18-10-14(13(2)22)7-8-16(18)11-20/h3-8,10,12,21H,9H2,1-2H3. The highest BCUT2D eigenvalue weighted by molar-refractivity contribution is 5.95. The van der Waals surface area contributed by atoms with Gasteiger partial charge in [-0.05, 0) is 50.1 Å². The van der Waals surface area contributed by atoms with E-state index in [1.807, 2.05) is 6.92 Å². The van der Waals surface area contributed by atoms with Crippen LogP contribution in [0, 0.1) is 17.1 Å². The van der Waals surface area contributed by atoms with Gasteiger partial charge in [0.25, 0.3) is 0 Å². The van der Waals surface area contributed by atoms with E-state index < -0.39 is 0 Å². The number of nitriles is 1. The van der Waals surface area contributed by atoms with Gasteiger partial charge in [0.1, 0.15) is 11.9 Å². The zero-order valence-electron chi connectivity index (χ0n) is 12.6. The number of anilines is 1. The molecule has 0 aliphatic rings. The van der Waals surface area contributed by atoms with Gasteiger partial charge in [0.15, 0.2) is 5.78 Å². The highest BCUT2D eigenvalue weighted by Gasteiger charge is 2.11. The molecule has 4 heteroatoms. The van der Waals surface area contributed by atoms with E-state index in [0.29, 0.717) is 28.8 Å². The number of halogens is 1. The van der Waals surface area contributed by atoms with E-state index in [1.54, 1.807) is 36.4 Å². The lowest BCUT2D eigenvalue weighted by atomic mass is 10.0. The second kappa shape index (κ2) is 6.86. The van der Waals surface area contributed by atoms with E-state index in [1.165, 1.54) is 13.0 Å². The predicted molar refractivity (Wildman–Crippen MR) is 84.4 cm³/mol. The third kappa shape index (κ3) is 3.70. The molecule has 1 unspecified atom stereocenters. The summed E-state index contributed by atoms with van der Waals surface area (Å²) in [6.45, 7) is 3.39. The minimum atomic E-state index is -0.242. The third-order valence-electron chi connectivity index (χ3n) is 3.43. The molecule has 0 saturated heterocycles. The number of ketones is 1. The third-order valence-corrected chi connectivity index (χ3v) is 3.43. The summed E-state index contributed by atoms with van der Waals surface area (Å²) in [7, 11) is 0. The van der Waals surface area contributed by atoms with Gasteiger partial charge in [0, 0.05) is 11.6 Å². The molecule has 2 aromatic carbocycles. The molecule has 0 radical (unpaired) electrons. The molecule has 2 aromatic rings. The Kier molecular flexibility index (Phi) is 4.90. The second-order valence-corrected chi connectivity index (χ2v) is 5.27. The average Bonchev–Trinajstić information content (AvgIpc) is 2.49. The summed E-state index contributed by atoms with van der Waals surface area (Å²) in [6, 6.07) is 13.6. The van der Waals surface area contributed by atoms with Crippen molar-refractivity contribution in [3.8, 4) is 6.07 Å². The summed E-state index contributed by atoms with van der Waals surface area (Å²) in [6.07, 6.45) is 0.488. The molecule has 22 heavy (non-hydrogen) atoms. The second-order valence-electron chi connectivity index (χ2n) is 5.27. The van der Waals surface area contributed by atoms with Crippen LogP contribution in [-0.2, 0) is 6.42 Å². The molecule has 0 aliphatic carbocycles. The highest BCUT2D eigenvalue weighted by Crippen LogP contribution is 2.20. The molecular formula is C18H17FN2O. The Balaban J connectivity index is 2.19. The number of Topliss-reactive ketones (excluding diaryl/α,β-unsaturated/α-hetero) is 1. The van der Waals surface area contributed by atoms with Crippen LogP contribution in [0.15, 0.2) is 42.5 Å². The van der Waals surface area contributed by atoms with E-state index in [9.17, 15) is 9.18 Å². The maximum absolute atomic E-state index is 13.7. The summed E-state index contributed by atoms with van der Waals surface area (Å²) >= 11 is 0. The molecule has 1 N–H and O–H groups in total. The van der Waals surface area contributed by atoms with E-state index >= 15 is 0 Å². The van der Waals surface area contributed by atoms with Gasteiger partial charge in [-0.1, -0.05) is 18.2 Å². The Bertz CT molecular complexity index is 734. The normalized spacial score (nSPS) is 11.5. The number of carbonyl (C=O) groups excluding carboxylic acids is 1. The number of hydrogen-bond donors (Lipinski definition) is 1. The minimum absolute atomic E-state index is 0.0608. The topological polar surface area (TPSA) is 52.9 Å². The van der Waals surface area contributed by atoms with Crippen molar-refractivity contribution < 1.29 is 9.18 Å². The Labute approximate surface area is 129 Å². The molecule has 2 rings (SSSR count). The summed E-state index contributed by atoms with van der Waals surface area (Å²) in [5.74, 6) is -0.302. The first kappa shape index (κ1) is 15.7. The van der Waals surface area contributed by atoms with E-state index in [0.717, 1.165) is 0 Å². The summed E-state index contributed by atoms with van der Waals surface area (Å²) in [4.78, 5) is 11.5. The van der Waals surface area contributed by atoms with Crippen LogP contribution in [0.5, 0.6) is 0 Å². The molecule has 0 bridgehead atoms. The van der Waals surface area contributed by atoms with Crippen LogP contribution in [-0.4, -0.2) is 11.8 Å². The molecule has 0 saturated carbocycles. The number of nitrogens with one attached hydrogen (secondary N) is 1. The van der Waals surface area contributed by atoms with Crippen molar-refractivity contribution in [1.29, 1.82) is 5.26 Å². The molecule has 0 spiro atoms. The number of hydrogen-bond acceptors (Lipinski definition) is 3. The summed E-state index contributed by atoms with van der Waals surface area (Å²) in [5, 5.41) is 12.4. The minimum Gasteiger partial charge on any atom is -0.381 e. The van der Waals surface area contributed by atoms with E-state index in [4.69, 9.17) is 5.26 Å². The van der Waals surface area contributed by atoms with Crippen molar-refractivity contribution in [1.82, 2.24) is 0 Å². The molecule has 3 nitrogen and oxygen atoms in total. The first-order chi connectivity index (χ1) is 10.5. The molecule has 112 valence electrons. The molecule has 1 atom stereocenters. The fourth-order valence-electron chi connectivity index (χ4n) is 2.29. The Morgan fingerprint density at radius 3 is 2.68 bits per heavy atom.